The van der Waals surface area contributed by atoms with Gasteiger partial charge in [0.05, 0.1) is 12.0 Å². The van der Waals surface area contributed by atoms with Crippen LogP contribution in [0.25, 0.3) is 0 Å². The van der Waals surface area contributed by atoms with Gasteiger partial charge in [-0.1, -0.05) is 36.8 Å². The Morgan fingerprint density at radius 3 is 2.50 bits per heavy atom. The number of carbonyl (C=O) groups excluding carboxylic acids is 3. The summed E-state index contributed by atoms with van der Waals surface area (Å²) in [5, 5.41) is 7.89. The Morgan fingerprint density at radius 1 is 1.06 bits per heavy atom. The lowest BCUT2D eigenvalue weighted by Crippen LogP contribution is -2.46. The summed E-state index contributed by atoms with van der Waals surface area (Å²) in [6, 6.07) is 16.9. The third-order valence-electron chi connectivity index (χ3n) is 6.18. The Bertz CT molecular complexity index is 1190. The van der Waals surface area contributed by atoms with Crippen LogP contribution in [0.4, 0.5) is 17.1 Å². The van der Waals surface area contributed by atoms with Gasteiger partial charge in [-0.2, -0.15) is 0 Å². The normalized spacial score (nSPS) is 18.0. The highest BCUT2D eigenvalue weighted by Crippen LogP contribution is 2.42. The molecule has 3 amide bonds. The van der Waals surface area contributed by atoms with Gasteiger partial charge in [0, 0.05) is 34.8 Å². The molecule has 3 aromatic rings. The molecule has 1 aromatic heterocycles. The predicted octanol–water partition coefficient (Wildman–Crippen LogP) is 5.84. The van der Waals surface area contributed by atoms with Crippen LogP contribution in [0.5, 0.6) is 0 Å². The fourth-order valence-electron chi connectivity index (χ4n) is 4.27. The zero-order valence-electron chi connectivity index (χ0n) is 19.6. The second kappa shape index (κ2) is 10.2. The number of thiophene rings is 1. The highest BCUT2D eigenvalue weighted by atomic mass is 32.1. The summed E-state index contributed by atoms with van der Waals surface area (Å²) in [7, 11) is 0. The van der Waals surface area contributed by atoms with Gasteiger partial charge in [-0.25, -0.2) is 0 Å². The van der Waals surface area contributed by atoms with E-state index in [9.17, 15) is 14.4 Å². The molecule has 2 aromatic carbocycles. The number of amides is 3. The number of rotatable bonds is 6. The Morgan fingerprint density at radius 2 is 1.82 bits per heavy atom. The first-order valence-corrected chi connectivity index (χ1v) is 12.4. The van der Waals surface area contributed by atoms with Crippen LogP contribution >= 0.6 is 11.3 Å². The molecule has 4 rings (SSSR count). The van der Waals surface area contributed by atoms with Crippen molar-refractivity contribution in [3.8, 4) is 0 Å². The first-order chi connectivity index (χ1) is 16.4. The van der Waals surface area contributed by atoms with E-state index < -0.39 is 5.92 Å². The second-order valence-corrected chi connectivity index (χ2v) is 9.60. The SMILES string of the molecule is CCC(=O)Nc1ccc(C)c(NC(=O)C2CCC(=O)N(c3ccc(C)cc3)C2c2cccs2)c1. The van der Waals surface area contributed by atoms with Gasteiger partial charge < -0.3 is 15.5 Å². The molecule has 0 spiro atoms. The summed E-state index contributed by atoms with van der Waals surface area (Å²) in [6.07, 6.45) is 1.16. The fraction of sp³-hybridized carbons (Fsp3) is 0.296. The summed E-state index contributed by atoms with van der Waals surface area (Å²) in [6.45, 7) is 5.72. The lowest BCUT2D eigenvalue weighted by Gasteiger charge is -2.40. The summed E-state index contributed by atoms with van der Waals surface area (Å²) in [4.78, 5) is 41.3. The van der Waals surface area contributed by atoms with E-state index in [1.54, 1.807) is 29.2 Å². The molecule has 176 valence electrons. The molecule has 2 unspecified atom stereocenters. The van der Waals surface area contributed by atoms with Gasteiger partial charge in [0.1, 0.15) is 0 Å². The molecule has 0 bridgehead atoms. The molecule has 1 aliphatic rings. The fourth-order valence-corrected chi connectivity index (χ4v) is 5.15. The van der Waals surface area contributed by atoms with E-state index >= 15 is 0 Å². The lowest BCUT2D eigenvalue weighted by atomic mass is 9.86. The molecule has 2 atom stereocenters. The number of nitrogens with one attached hydrogen (secondary N) is 2. The number of hydrogen-bond acceptors (Lipinski definition) is 4. The molecule has 6 nitrogen and oxygen atoms in total. The van der Waals surface area contributed by atoms with E-state index in [1.807, 2.05) is 67.8 Å². The monoisotopic (exact) mass is 475 g/mol. The Balaban J connectivity index is 1.65. The largest absolute Gasteiger partial charge is 0.326 e. The zero-order valence-corrected chi connectivity index (χ0v) is 20.4. The van der Waals surface area contributed by atoms with Crippen LogP contribution in [-0.2, 0) is 14.4 Å². The molecule has 0 radical (unpaired) electrons. The topological polar surface area (TPSA) is 78.5 Å². The molecule has 2 N–H and O–H groups in total. The molecule has 0 saturated carbocycles. The molecular weight excluding hydrogens is 446 g/mol. The van der Waals surface area contributed by atoms with Gasteiger partial charge in [-0.05, 0) is 61.5 Å². The zero-order chi connectivity index (χ0) is 24.2. The molecule has 0 aliphatic carbocycles. The lowest BCUT2D eigenvalue weighted by molar-refractivity contribution is -0.126. The highest BCUT2D eigenvalue weighted by Gasteiger charge is 2.42. The van der Waals surface area contributed by atoms with E-state index in [2.05, 4.69) is 10.6 Å². The van der Waals surface area contributed by atoms with Crippen LogP contribution < -0.4 is 15.5 Å². The van der Waals surface area contributed by atoms with Crippen molar-refractivity contribution in [3.05, 3.63) is 76.0 Å². The number of hydrogen-bond donors (Lipinski definition) is 2. The van der Waals surface area contributed by atoms with Gasteiger partial charge in [-0.3, -0.25) is 14.4 Å². The first kappa shape index (κ1) is 23.7. The average Bonchev–Trinajstić information content (AvgIpc) is 3.36. The Hall–Kier alpha value is -3.45. The van der Waals surface area contributed by atoms with Crippen LogP contribution in [0.1, 0.15) is 48.2 Å². The maximum Gasteiger partial charge on any atom is 0.229 e. The first-order valence-electron chi connectivity index (χ1n) is 11.5. The number of nitrogens with zero attached hydrogens (tertiary/aromatic N) is 1. The van der Waals surface area contributed by atoms with Gasteiger partial charge >= 0.3 is 0 Å². The average molecular weight is 476 g/mol. The van der Waals surface area contributed by atoms with E-state index in [1.165, 1.54) is 0 Å². The number of benzene rings is 2. The molecule has 1 aliphatic heterocycles. The number of carbonyl (C=O) groups is 3. The van der Waals surface area contributed by atoms with Gasteiger partial charge in [0.25, 0.3) is 0 Å². The minimum atomic E-state index is -0.411. The van der Waals surface area contributed by atoms with Crippen LogP contribution in [0.3, 0.4) is 0 Å². The van der Waals surface area contributed by atoms with Crippen LogP contribution in [-0.4, -0.2) is 17.7 Å². The minimum absolute atomic E-state index is 0.0201. The Kier molecular flexibility index (Phi) is 7.12. The van der Waals surface area contributed by atoms with E-state index in [4.69, 9.17) is 0 Å². The molecule has 2 heterocycles. The van der Waals surface area contributed by atoms with Crippen LogP contribution in [0, 0.1) is 19.8 Å². The maximum atomic E-state index is 13.6. The van der Waals surface area contributed by atoms with Gasteiger partial charge in [0.2, 0.25) is 17.7 Å². The number of piperidine rings is 1. The van der Waals surface area contributed by atoms with Gasteiger partial charge in [0.15, 0.2) is 0 Å². The van der Waals surface area contributed by atoms with Crippen molar-refractivity contribution in [2.45, 2.75) is 46.1 Å². The molecule has 1 saturated heterocycles. The molecule has 1 fully saturated rings. The predicted molar refractivity (Wildman–Crippen MR) is 137 cm³/mol. The van der Waals surface area contributed by atoms with Crippen molar-refractivity contribution >= 4 is 46.1 Å². The quantitative estimate of drug-likeness (QED) is 0.470. The summed E-state index contributed by atoms with van der Waals surface area (Å²) in [5.41, 5.74) is 4.11. The van der Waals surface area contributed by atoms with Crippen molar-refractivity contribution in [1.82, 2.24) is 0 Å². The summed E-state index contributed by atoms with van der Waals surface area (Å²) >= 11 is 1.55. The molecule has 7 heteroatoms. The standard InChI is InChI=1S/C27H29N3O3S/c1-4-24(31)28-19-10-9-18(3)22(16-19)29-27(33)21-13-14-25(32)30(20-11-7-17(2)8-12-20)26(21)23-6-5-15-34-23/h5-12,15-16,21,26H,4,13-14H2,1-3H3,(H,28,31)(H,29,33). The summed E-state index contributed by atoms with van der Waals surface area (Å²) < 4.78 is 0. The van der Waals surface area contributed by atoms with Crippen molar-refractivity contribution in [2.24, 2.45) is 5.92 Å². The van der Waals surface area contributed by atoms with Crippen LogP contribution in [0.15, 0.2) is 60.0 Å². The van der Waals surface area contributed by atoms with Crippen molar-refractivity contribution in [3.63, 3.8) is 0 Å². The van der Waals surface area contributed by atoms with Crippen molar-refractivity contribution in [2.75, 3.05) is 15.5 Å². The van der Waals surface area contributed by atoms with E-state index in [0.29, 0.717) is 30.6 Å². The highest BCUT2D eigenvalue weighted by molar-refractivity contribution is 7.10. The smallest absolute Gasteiger partial charge is 0.229 e. The third-order valence-corrected chi connectivity index (χ3v) is 7.12. The van der Waals surface area contributed by atoms with E-state index in [-0.39, 0.29) is 23.8 Å². The number of anilines is 3. The summed E-state index contributed by atoms with van der Waals surface area (Å²) in [5.74, 6) is -0.610. The second-order valence-electron chi connectivity index (χ2n) is 8.63. The third kappa shape index (κ3) is 5.04. The number of aryl methyl sites for hydroxylation is 2. The van der Waals surface area contributed by atoms with Crippen LogP contribution in [0.2, 0.25) is 0 Å². The minimum Gasteiger partial charge on any atom is -0.326 e. The van der Waals surface area contributed by atoms with Crippen molar-refractivity contribution < 1.29 is 14.4 Å². The molecular formula is C27H29N3O3S. The van der Waals surface area contributed by atoms with E-state index in [0.717, 1.165) is 21.7 Å². The Labute approximate surface area is 204 Å². The van der Waals surface area contributed by atoms with Crippen molar-refractivity contribution in [1.29, 1.82) is 0 Å². The van der Waals surface area contributed by atoms with Gasteiger partial charge in [-0.15, -0.1) is 11.3 Å². The molecule has 34 heavy (non-hydrogen) atoms. The maximum absolute atomic E-state index is 13.6.